The predicted molar refractivity (Wildman–Crippen MR) is 53.7 cm³/mol. The van der Waals surface area contributed by atoms with Crippen molar-refractivity contribution in [3.05, 3.63) is 23.4 Å². The quantitative estimate of drug-likeness (QED) is 0.774. The molecule has 1 aliphatic carbocycles. The first-order valence-electron chi connectivity index (χ1n) is 4.67. The molecule has 0 N–H and O–H groups in total. The molecule has 0 spiro atoms. The van der Waals surface area contributed by atoms with Crippen molar-refractivity contribution in [3.8, 4) is 0 Å². The lowest BCUT2D eigenvalue weighted by atomic mass is 10.3. The van der Waals surface area contributed by atoms with E-state index in [1.165, 1.54) is 0 Å². The summed E-state index contributed by atoms with van der Waals surface area (Å²) >= 11 is 5.83. The SMILES string of the molecule is COC1(c2nnc3cnc(Cl)cn23)CC1. The Morgan fingerprint density at radius 1 is 1.47 bits per heavy atom. The van der Waals surface area contributed by atoms with E-state index in [4.69, 9.17) is 16.3 Å². The minimum atomic E-state index is -0.260. The highest BCUT2D eigenvalue weighted by molar-refractivity contribution is 6.29. The van der Waals surface area contributed by atoms with E-state index in [9.17, 15) is 0 Å². The average molecular weight is 225 g/mol. The standard InChI is InChI=1S/C9H9ClN4O/c1-15-9(2-3-9)8-13-12-7-4-11-6(10)5-14(7)8/h4-5H,2-3H2,1H3. The molecule has 1 fully saturated rings. The highest BCUT2D eigenvalue weighted by atomic mass is 35.5. The molecule has 2 heterocycles. The monoisotopic (exact) mass is 224 g/mol. The summed E-state index contributed by atoms with van der Waals surface area (Å²) in [7, 11) is 1.69. The number of aromatic nitrogens is 4. The maximum Gasteiger partial charge on any atom is 0.179 e. The highest BCUT2D eigenvalue weighted by Gasteiger charge is 2.48. The molecule has 0 radical (unpaired) electrons. The molecule has 0 unspecified atom stereocenters. The number of hydrogen-bond acceptors (Lipinski definition) is 4. The zero-order chi connectivity index (χ0) is 10.5. The van der Waals surface area contributed by atoms with Crippen molar-refractivity contribution < 1.29 is 4.74 Å². The van der Waals surface area contributed by atoms with E-state index in [0.717, 1.165) is 18.7 Å². The summed E-state index contributed by atoms with van der Waals surface area (Å²) in [5.41, 5.74) is 0.433. The van der Waals surface area contributed by atoms with Gasteiger partial charge < -0.3 is 4.74 Å². The van der Waals surface area contributed by atoms with Crippen LogP contribution in [0.25, 0.3) is 5.65 Å². The summed E-state index contributed by atoms with van der Waals surface area (Å²) in [6.07, 6.45) is 5.27. The third-order valence-corrected chi connectivity index (χ3v) is 2.96. The van der Waals surface area contributed by atoms with Crippen LogP contribution in [0.15, 0.2) is 12.4 Å². The maximum absolute atomic E-state index is 5.83. The Bertz CT molecular complexity index is 520. The summed E-state index contributed by atoms with van der Waals surface area (Å²) < 4.78 is 7.29. The molecule has 3 rings (SSSR count). The van der Waals surface area contributed by atoms with Crippen LogP contribution in [-0.4, -0.2) is 26.7 Å². The van der Waals surface area contributed by atoms with Gasteiger partial charge in [-0.15, -0.1) is 10.2 Å². The first kappa shape index (κ1) is 9.06. The van der Waals surface area contributed by atoms with Crippen LogP contribution in [0.5, 0.6) is 0 Å². The number of ether oxygens (including phenoxy) is 1. The third-order valence-electron chi connectivity index (χ3n) is 2.76. The van der Waals surface area contributed by atoms with Crippen LogP contribution in [0.1, 0.15) is 18.7 Å². The average Bonchev–Trinajstić information content (AvgIpc) is 2.93. The van der Waals surface area contributed by atoms with Gasteiger partial charge in [-0.2, -0.15) is 0 Å². The highest BCUT2D eigenvalue weighted by Crippen LogP contribution is 2.47. The van der Waals surface area contributed by atoms with Gasteiger partial charge in [-0.05, 0) is 12.8 Å². The number of rotatable bonds is 2. The Morgan fingerprint density at radius 2 is 2.27 bits per heavy atom. The lowest BCUT2D eigenvalue weighted by molar-refractivity contribution is 0.0702. The van der Waals surface area contributed by atoms with Gasteiger partial charge in [0.05, 0.1) is 6.20 Å². The fraction of sp³-hybridized carbons (Fsp3) is 0.444. The van der Waals surface area contributed by atoms with Crippen LogP contribution in [0.4, 0.5) is 0 Å². The smallest absolute Gasteiger partial charge is 0.179 e. The Balaban J connectivity index is 2.23. The Kier molecular flexibility index (Phi) is 1.75. The zero-order valence-electron chi connectivity index (χ0n) is 8.14. The van der Waals surface area contributed by atoms with Crippen LogP contribution in [0.3, 0.4) is 0 Å². The molecule has 0 amide bonds. The van der Waals surface area contributed by atoms with E-state index < -0.39 is 0 Å². The minimum absolute atomic E-state index is 0.260. The second-order valence-corrected chi connectivity index (χ2v) is 4.05. The molecule has 1 aliphatic rings. The third kappa shape index (κ3) is 1.23. The summed E-state index contributed by atoms with van der Waals surface area (Å²) in [5.74, 6) is 0.810. The van der Waals surface area contributed by atoms with Gasteiger partial charge in [0.2, 0.25) is 0 Å². The number of methoxy groups -OCH3 is 1. The largest absolute Gasteiger partial charge is 0.370 e. The van der Waals surface area contributed by atoms with E-state index in [0.29, 0.717) is 10.8 Å². The van der Waals surface area contributed by atoms with Crippen molar-refractivity contribution in [1.29, 1.82) is 0 Å². The molecule has 0 saturated heterocycles. The van der Waals surface area contributed by atoms with Gasteiger partial charge in [-0.25, -0.2) is 4.98 Å². The van der Waals surface area contributed by atoms with Gasteiger partial charge in [0.25, 0.3) is 0 Å². The van der Waals surface area contributed by atoms with Crippen LogP contribution in [-0.2, 0) is 10.3 Å². The second kappa shape index (κ2) is 2.90. The van der Waals surface area contributed by atoms with E-state index in [-0.39, 0.29) is 5.60 Å². The van der Waals surface area contributed by atoms with Crippen LogP contribution < -0.4 is 0 Å². The predicted octanol–water partition coefficient (Wildman–Crippen LogP) is 1.41. The van der Waals surface area contributed by atoms with Gasteiger partial charge in [-0.1, -0.05) is 11.6 Å². The van der Waals surface area contributed by atoms with Crippen molar-refractivity contribution in [2.24, 2.45) is 0 Å². The molecule has 0 atom stereocenters. The topological polar surface area (TPSA) is 52.3 Å². The van der Waals surface area contributed by atoms with Crippen molar-refractivity contribution >= 4 is 17.2 Å². The molecule has 0 aromatic carbocycles. The Morgan fingerprint density at radius 3 is 2.93 bits per heavy atom. The molecule has 0 aliphatic heterocycles. The molecule has 2 aromatic heterocycles. The van der Waals surface area contributed by atoms with E-state index in [2.05, 4.69) is 15.2 Å². The first-order chi connectivity index (χ1) is 7.25. The number of halogens is 1. The zero-order valence-corrected chi connectivity index (χ0v) is 8.90. The summed E-state index contributed by atoms with van der Waals surface area (Å²) in [6, 6.07) is 0. The molecule has 78 valence electrons. The minimum Gasteiger partial charge on any atom is -0.370 e. The van der Waals surface area contributed by atoms with Crippen LogP contribution in [0.2, 0.25) is 5.15 Å². The van der Waals surface area contributed by atoms with Gasteiger partial charge in [0.1, 0.15) is 10.8 Å². The molecule has 6 heteroatoms. The van der Waals surface area contributed by atoms with Gasteiger partial charge >= 0.3 is 0 Å². The van der Waals surface area contributed by atoms with E-state index in [1.54, 1.807) is 19.5 Å². The number of nitrogens with zero attached hydrogens (tertiary/aromatic N) is 4. The molecule has 2 aromatic rings. The number of hydrogen-bond donors (Lipinski definition) is 0. The first-order valence-corrected chi connectivity index (χ1v) is 5.05. The Labute approximate surface area is 91.0 Å². The van der Waals surface area contributed by atoms with Gasteiger partial charge in [0.15, 0.2) is 11.5 Å². The normalized spacial score (nSPS) is 18.3. The van der Waals surface area contributed by atoms with E-state index >= 15 is 0 Å². The van der Waals surface area contributed by atoms with Crippen molar-refractivity contribution in [1.82, 2.24) is 19.6 Å². The molecular formula is C9H9ClN4O. The van der Waals surface area contributed by atoms with Gasteiger partial charge in [0, 0.05) is 13.3 Å². The van der Waals surface area contributed by atoms with Gasteiger partial charge in [-0.3, -0.25) is 4.40 Å². The Hall–Kier alpha value is -1.20. The maximum atomic E-state index is 5.83. The summed E-state index contributed by atoms with van der Waals surface area (Å²) in [5, 5.41) is 8.58. The molecule has 5 nitrogen and oxygen atoms in total. The van der Waals surface area contributed by atoms with Crippen LogP contribution >= 0.6 is 11.6 Å². The fourth-order valence-corrected chi connectivity index (χ4v) is 1.87. The van der Waals surface area contributed by atoms with Crippen LogP contribution in [0, 0.1) is 0 Å². The van der Waals surface area contributed by atoms with E-state index in [1.807, 2.05) is 4.40 Å². The summed E-state index contributed by atoms with van der Waals surface area (Å²) in [6.45, 7) is 0. The van der Waals surface area contributed by atoms with Crippen molar-refractivity contribution in [2.45, 2.75) is 18.4 Å². The van der Waals surface area contributed by atoms with Crippen molar-refractivity contribution in [2.75, 3.05) is 7.11 Å². The molecule has 15 heavy (non-hydrogen) atoms. The number of fused-ring (bicyclic) bond motifs is 1. The molecule has 1 saturated carbocycles. The lowest BCUT2D eigenvalue weighted by Gasteiger charge is -2.10. The van der Waals surface area contributed by atoms with Crippen molar-refractivity contribution in [3.63, 3.8) is 0 Å². The molecule has 0 bridgehead atoms. The lowest BCUT2D eigenvalue weighted by Crippen LogP contribution is -2.13. The summed E-state index contributed by atoms with van der Waals surface area (Å²) in [4.78, 5) is 3.95. The second-order valence-electron chi connectivity index (χ2n) is 3.66. The fourth-order valence-electron chi connectivity index (χ4n) is 1.72. The molecular weight excluding hydrogens is 216 g/mol.